The van der Waals surface area contributed by atoms with Crippen LogP contribution >= 0.6 is 11.8 Å². The Kier molecular flexibility index (Phi) is 2.83. The molecule has 0 saturated heterocycles. The first-order valence-electron chi connectivity index (χ1n) is 5.74. The van der Waals surface area contributed by atoms with Gasteiger partial charge in [-0.15, -0.1) is 0 Å². The number of benzene rings is 1. The normalized spacial score (nSPS) is 14.2. The van der Waals surface area contributed by atoms with E-state index in [9.17, 15) is 9.90 Å². The first-order valence-corrected chi connectivity index (χ1v) is 6.90. The summed E-state index contributed by atoms with van der Waals surface area (Å²) in [6.07, 6.45) is 0.847. The van der Waals surface area contributed by atoms with E-state index in [2.05, 4.69) is 5.10 Å². The van der Waals surface area contributed by atoms with Gasteiger partial charge in [0, 0.05) is 17.7 Å². The largest absolute Gasteiger partial charge is 0.476 e. The predicted molar refractivity (Wildman–Crippen MR) is 70.4 cm³/mol. The van der Waals surface area contributed by atoms with Crippen molar-refractivity contribution in [1.29, 1.82) is 0 Å². The summed E-state index contributed by atoms with van der Waals surface area (Å²) in [5.74, 6) is 0.844. The highest BCUT2D eigenvalue weighted by atomic mass is 32.2. The summed E-state index contributed by atoms with van der Waals surface area (Å²) in [6.45, 7) is 0. The van der Waals surface area contributed by atoms with Crippen molar-refractivity contribution in [2.24, 2.45) is 0 Å². The van der Waals surface area contributed by atoms with Gasteiger partial charge >= 0.3 is 5.97 Å². The van der Waals surface area contributed by atoms with Crippen LogP contribution in [0.5, 0.6) is 0 Å². The second-order valence-electron chi connectivity index (χ2n) is 4.13. The minimum atomic E-state index is -0.907. The number of aromatic nitrogens is 2. The molecule has 0 radical (unpaired) electrons. The topological polar surface area (TPSA) is 55.1 Å². The first kappa shape index (κ1) is 11.3. The molecule has 0 amide bonds. The van der Waals surface area contributed by atoms with E-state index < -0.39 is 5.97 Å². The van der Waals surface area contributed by atoms with Crippen LogP contribution in [-0.4, -0.2) is 26.6 Å². The lowest BCUT2D eigenvalue weighted by atomic mass is 10.1. The number of aryl methyl sites for hydroxylation is 1. The van der Waals surface area contributed by atoms with E-state index in [1.54, 1.807) is 16.4 Å². The van der Waals surface area contributed by atoms with E-state index in [4.69, 9.17) is 0 Å². The Labute approximate surface area is 109 Å². The first-order chi connectivity index (χ1) is 8.77. The van der Waals surface area contributed by atoms with Gasteiger partial charge in [-0.05, 0) is 17.9 Å². The van der Waals surface area contributed by atoms with Crippen molar-refractivity contribution < 1.29 is 9.90 Å². The van der Waals surface area contributed by atoms with E-state index in [1.165, 1.54) is 0 Å². The molecule has 92 valence electrons. The number of fused-ring (bicyclic) bond motifs is 1. The molecule has 5 heteroatoms. The monoisotopic (exact) mass is 260 g/mol. The van der Waals surface area contributed by atoms with Gasteiger partial charge in [0.15, 0.2) is 5.69 Å². The van der Waals surface area contributed by atoms with Crippen molar-refractivity contribution >= 4 is 17.7 Å². The molecular formula is C13H12N2O2S. The average molecular weight is 260 g/mol. The molecule has 0 bridgehead atoms. The fourth-order valence-corrected chi connectivity index (χ4v) is 3.16. The molecule has 4 nitrogen and oxygen atoms in total. The number of aromatic carboxylic acids is 1. The lowest BCUT2D eigenvalue weighted by Crippen LogP contribution is -2.10. The van der Waals surface area contributed by atoms with Crippen LogP contribution in [-0.2, 0) is 12.2 Å². The van der Waals surface area contributed by atoms with Crippen LogP contribution in [0, 0.1) is 0 Å². The molecule has 1 aliphatic heterocycles. The number of carbonyl (C=O) groups is 1. The number of hydrogen-bond donors (Lipinski definition) is 1. The van der Waals surface area contributed by atoms with Crippen LogP contribution in [0.4, 0.5) is 0 Å². The number of carboxylic acid groups (broad SMARTS) is 1. The second kappa shape index (κ2) is 4.49. The van der Waals surface area contributed by atoms with E-state index >= 15 is 0 Å². The van der Waals surface area contributed by atoms with Gasteiger partial charge in [0.25, 0.3) is 0 Å². The molecule has 3 rings (SSSR count). The Morgan fingerprint density at radius 3 is 2.83 bits per heavy atom. The molecule has 0 fully saturated rings. The van der Waals surface area contributed by atoms with Crippen LogP contribution in [0.2, 0.25) is 0 Å². The summed E-state index contributed by atoms with van der Waals surface area (Å²) >= 11 is 1.76. The third kappa shape index (κ3) is 1.80. The summed E-state index contributed by atoms with van der Waals surface area (Å²) < 4.78 is 1.55. The van der Waals surface area contributed by atoms with Crippen molar-refractivity contribution in [3.05, 3.63) is 47.3 Å². The molecule has 0 aliphatic carbocycles. The Morgan fingerprint density at radius 1 is 1.33 bits per heavy atom. The smallest absolute Gasteiger partial charge is 0.354 e. The molecule has 1 N–H and O–H groups in total. The maximum absolute atomic E-state index is 11.5. The summed E-state index contributed by atoms with van der Waals surface area (Å²) in [5.41, 5.74) is 2.91. The highest BCUT2D eigenvalue weighted by molar-refractivity contribution is 7.98. The van der Waals surface area contributed by atoms with Crippen LogP contribution in [0.3, 0.4) is 0 Å². The minimum Gasteiger partial charge on any atom is -0.476 e. The molecule has 1 aromatic carbocycles. The zero-order valence-electron chi connectivity index (χ0n) is 9.67. The van der Waals surface area contributed by atoms with Crippen molar-refractivity contribution in [2.75, 3.05) is 5.75 Å². The molecule has 0 atom stereocenters. The van der Waals surface area contributed by atoms with Crippen molar-refractivity contribution in [3.8, 4) is 5.69 Å². The standard InChI is InChI=1S/C13H12N2O2S/c16-13(17)12-10-8-18-7-6-11(10)14-15(12)9-4-2-1-3-5-9/h1-5H,6-8H2,(H,16,17). The quantitative estimate of drug-likeness (QED) is 0.900. The Bertz CT molecular complexity index is 593. The van der Waals surface area contributed by atoms with Crippen molar-refractivity contribution in [1.82, 2.24) is 9.78 Å². The number of thioether (sulfide) groups is 1. The van der Waals surface area contributed by atoms with E-state index in [1.807, 2.05) is 30.3 Å². The summed E-state index contributed by atoms with van der Waals surface area (Å²) in [6, 6.07) is 9.42. The molecule has 2 heterocycles. The van der Waals surface area contributed by atoms with Crippen molar-refractivity contribution in [2.45, 2.75) is 12.2 Å². The van der Waals surface area contributed by atoms with Gasteiger partial charge in [0.05, 0.1) is 11.4 Å². The summed E-state index contributed by atoms with van der Waals surface area (Å²) in [4.78, 5) is 11.5. The fourth-order valence-electron chi connectivity index (χ4n) is 2.17. The molecule has 1 aliphatic rings. The zero-order valence-corrected chi connectivity index (χ0v) is 10.5. The molecule has 0 saturated carbocycles. The lowest BCUT2D eigenvalue weighted by Gasteiger charge is -2.09. The Hall–Kier alpha value is -1.75. The third-order valence-electron chi connectivity index (χ3n) is 3.00. The van der Waals surface area contributed by atoms with Gasteiger partial charge in [0.2, 0.25) is 0 Å². The summed E-state index contributed by atoms with van der Waals surface area (Å²) in [5, 5.41) is 13.9. The number of hydrogen-bond acceptors (Lipinski definition) is 3. The SMILES string of the molecule is O=C(O)c1c2c(nn1-c1ccccc1)CCSC2. The molecule has 0 spiro atoms. The molecule has 2 aromatic rings. The van der Waals surface area contributed by atoms with Gasteiger partial charge in [-0.3, -0.25) is 0 Å². The minimum absolute atomic E-state index is 0.309. The van der Waals surface area contributed by atoms with Crippen LogP contribution < -0.4 is 0 Å². The Balaban J connectivity index is 2.20. The molecular weight excluding hydrogens is 248 g/mol. The van der Waals surface area contributed by atoms with Gasteiger partial charge in [-0.25, -0.2) is 9.48 Å². The van der Waals surface area contributed by atoms with Crippen molar-refractivity contribution in [3.63, 3.8) is 0 Å². The van der Waals surface area contributed by atoms with Crippen LogP contribution in [0.15, 0.2) is 30.3 Å². The highest BCUT2D eigenvalue weighted by Crippen LogP contribution is 2.28. The molecule has 0 unspecified atom stereocenters. The molecule has 18 heavy (non-hydrogen) atoms. The van der Waals surface area contributed by atoms with Gasteiger partial charge < -0.3 is 5.11 Å². The van der Waals surface area contributed by atoms with E-state index in [0.717, 1.165) is 34.9 Å². The number of carboxylic acids is 1. The Morgan fingerprint density at radius 2 is 2.11 bits per heavy atom. The maximum Gasteiger partial charge on any atom is 0.354 e. The fraction of sp³-hybridized carbons (Fsp3) is 0.231. The van der Waals surface area contributed by atoms with Crippen LogP contribution in [0.1, 0.15) is 21.7 Å². The van der Waals surface area contributed by atoms with E-state index in [-0.39, 0.29) is 0 Å². The number of rotatable bonds is 2. The zero-order chi connectivity index (χ0) is 12.5. The number of para-hydroxylation sites is 1. The lowest BCUT2D eigenvalue weighted by molar-refractivity contribution is 0.0686. The molecule has 1 aromatic heterocycles. The van der Waals surface area contributed by atoms with E-state index in [0.29, 0.717) is 5.69 Å². The summed E-state index contributed by atoms with van der Waals surface area (Å²) in [7, 11) is 0. The van der Waals surface area contributed by atoms with Gasteiger partial charge in [-0.1, -0.05) is 18.2 Å². The second-order valence-corrected chi connectivity index (χ2v) is 5.23. The number of nitrogens with zero attached hydrogens (tertiary/aromatic N) is 2. The van der Waals surface area contributed by atoms with Crippen LogP contribution in [0.25, 0.3) is 5.69 Å². The van der Waals surface area contributed by atoms with Gasteiger partial charge in [-0.2, -0.15) is 16.9 Å². The van der Waals surface area contributed by atoms with Gasteiger partial charge in [0.1, 0.15) is 0 Å². The average Bonchev–Trinajstić information content (AvgIpc) is 2.79. The maximum atomic E-state index is 11.5. The predicted octanol–water partition coefficient (Wildman–Crippen LogP) is 2.36. The third-order valence-corrected chi connectivity index (χ3v) is 3.99. The highest BCUT2D eigenvalue weighted by Gasteiger charge is 2.25.